The minimum Gasteiger partial charge on any atom is -0.393 e. The summed E-state index contributed by atoms with van der Waals surface area (Å²) in [7, 11) is 0. The van der Waals surface area contributed by atoms with Gasteiger partial charge in [-0.2, -0.15) is 0 Å². The highest BCUT2D eigenvalue weighted by atomic mass is 32.1. The van der Waals surface area contributed by atoms with Crippen molar-refractivity contribution in [2.45, 2.75) is 26.7 Å². The van der Waals surface area contributed by atoms with E-state index < -0.39 is 0 Å². The van der Waals surface area contributed by atoms with E-state index in [1.54, 1.807) is 4.90 Å². The molecule has 0 bridgehead atoms. The van der Waals surface area contributed by atoms with Gasteiger partial charge in [0.05, 0.1) is 4.99 Å². The van der Waals surface area contributed by atoms with Gasteiger partial charge in [-0.1, -0.05) is 26.1 Å². The van der Waals surface area contributed by atoms with Crippen LogP contribution in [0.25, 0.3) is 0 Å². The fourth-order valence-electron chi connectivity index (χ4n) is 1.75. The molecule has 1 aromatic carbocycles. The zero-order valence-corrected chi connectivity index (χ0v) is 12.8. The molecule has 110 valence electrons. The standard InChI is InChI=1S/C15H21FN2OS/c1-11(2)7-9-18(10-8-14(17)20)15(19)12-3-5-13(16)6-4-12/h3-6,11H,7-10H2,1-2H3,(H2,17,20). The number of hydrogen-bond acceptors (Lipinski definition) is 2. The number of amides is 1. The quantitative estimate of drug-likeness (QED) is 0.787. The maximum Gasteiger partial charge on any atom is 0.253 e. The Labute approximate surface area is 125 Å². The third-order valence-electron chi connectivity index (χ3n) is 2.98. The topological polar surface area (TPSA) is 46.3 Å². The predicted molar refractivity (Wildman–Crippen MR) is 83.2 cm³/mol. The van der Waals surface area contributed by atoms with Crippen molar-refractivity contribution in [3.8, 4) is 0 Å². The summed E-state index contributed by atoms with van der Waals surface area (Å²) in [4.78, 5) is 14.5. The molecule has 0 fully saturated rings. The van der Waals surface area contributed by atoms with Crippen molar-refractivity contribution in [2.24, 2.45) is 11.7 Å². The summed E-state index contributed by atoms with van der Waals surface area (Å²) < 4.78 is 12.9. The van der Waals surface area contributed by atoms with Crippen molar-refractivity contribution >= 4 is 23.1 Å². The van der Waals surface area contributed by atoms with Crippen molar-refractivity contribution in [1.82, 2.24) is 4.90 Å². The summed E-state index contributed by atoms with van der Waals surface area (Å²) in [6.45, 7) is 5.36. The second-order valence-corrected chi connectivity index (χ2v) is 5.72. The fourth-order valence-corrected chi connectivity index (χ4v) is 1.84. The molecule has 5 heteroatoms. The van der Waals surface area contributed by atoms with Gasteiger partial charge in [-0.25, -0.2) is 4.39 Å². The van der Waals surface area contributed by atoms with Crippen LogP contribution in [-0.2, 0) is 0 Å². The molecule has 0 atom stereocenters. The molecular formula is C15H21FN2OS. The van der Waals surface area contributed by atoms with Crippen molar-refractivity contribution in [2.75, 3.05) is 13.1 Å². The van der Waals surface area contributed by atoms with Gasteiger partial charge in [-0.3, -0.25) is 4.79 Å². The highest BCUT2D eigenvalue weighted by Crippen LogP contribution is 2.10. The summed E-state index contributed by atoms with van der Waals surface area (Å²) in [5, 5.41) is 0. The van der Waals surface area contributed by atoms with Crippen LogP contribution in [0.4, 0.5) is 4.39 Å². The smallest absolute Gasteiger partial charge is 0.253 e. The summed E-state index contributed by atoms with van der Waals surface area (Å²) in [5.74, 6) is 0.0451. The molecule has 3 nitrogen and oxygen atoms in total. The number of halogens is 1. The average Bonchev–Trinajstić information content (AvgIpc) is 2.38. The van der Waals surface area contributed by atoms with Crippen LogP contribution in [0.3, 0.4) is 0 Å². The normalized spacial score (nSPS) is 10.6. The van der Waals surface area contributed by atoms with Crippen LogP contribution < -0.4 is 5.73 Å². The number of hydrogen-bond donors (Lipinski definition) is 1. The van der Waals surface area contributed by atoms with Gasteiger partial charge in [-0.15, -0.1) is 0 Å². The monoisotopic (exact) mass is 296 g/mol. The summed E-state index contributed by atoms with van der Waals surface area (Å²) in [6.07, 6.45) is 1.41. The van der Waals surface area contributed by atoms with Gasteiger partial charge in [0, 0.05) is 25.1 Å². The molecule has 0 aliphatic carbocycles. The summed E-state index contributed by atoms with van der Waals surface area (Å²) in [5.41, 5.74) is 5.98. The lowest BCUT2D eigenvalue weighted by Crippen LogP contribution is -2.35. The molecule has 0 aromatic heterocycles. The van der Waals surface area contributed by atoms with E-state index in [-0.39, 0.29) is 11.7 Å². The van der Waals surface area contributed by atoms with Crippen molar-refractivity contribution in [3.05, 3.63) is 35.6 Å². The number of carbonyl (C=O) groups is 1. The Bertz CT molecular complexity index is 459. The Morgan fingerprint density at radius 2 is 1.90 bits per heavy atom. The van der Waals surface area contributed by atoms with Gasteiger partial charge in [0.1, 0.15) is 5.82 Å². The molecule has 1 amide bonds. The van der Waals surface area contributed by atoms with E-state index in [9.17, 15) is 9.18 Å². The fraction of sp³-hybridized carbons (Fsp3) is 0.467. The Hall–Kier alpha value is -1.49. The number of rotatable bonds is 7. The Morgan fingerprint density at radius 1 is 1.30 bits per heavy atom. The van der Waals surface area contributed by atoms with E-state index in [0.717, 1.165) is 6.42 Å². The minimum absolute atomic E-state index is 0.109. The van der Waals surface area contributed by atoms with E-state index >= 15 is 0 Å². The number of carbonyl (C=O) groups excluding carboxylic acids is 1. The van der Waals surface area contributed by atoms with Crippen molar-refractivity contribution in [3.63, 3.8) is 0 Å². The Balaban J connectivity index is 2.76. The third-order valence-corrected chi connectivity index (χ3v) is 3.19. The van der Waals surface area contributed by atoms with Crippen LogP contribution in [-0.4, -0.2) is 28.9 Å². The van der Waals surface area contributed by atoms with E-state index in [0.29, 0.717) is 36.0 Å². The zero-order valence-electron chi connectivity index (χ0n) is 11.9. The number of thiocarbonyl (C=S) groups is 1. The first kappa shape index (κ1) is 16.6. The Kier molecular flexibility index (Phi) is 6.58. The SMILES string of the molecule is CC(C)CCN(CCC(N)=S)C(=O)c1ccc(F)cc1. The van der Waals surface area contributed by atoms with Crippen LogP contribution in [0, 0.1) is 11.7 Å². The van der Waals surface area contributed by atoms with Crippen LogP contribution in [0.2, 0.25) is 0 Å². The van der Waals surface area contributed by atoms with Crippen LogP contribution in [0.1, 0.15) is 37.0 Å². The second kappa shape index (κ2) is 7.94. The molecule has 2 N–H and O–H groups in total. The summed E-state index contributed by atoms with van der Waals surface area (Å²) in [6, 6.07) is 5.59. The van der Waals surface area contributed by atoms with E-state index in [1.807, 2.05) is 0 Å². The predicted octanol–water partition coefficient (Wildman–Crippen LogP) is 2.99. The molecule has 1 aromatic rings. The molecule has 20 heavy (non-hydrogen) atoms. The molecule has 0 saturated heterocycles. The highest BCUT2D eigenvalue weighted by Gasteiger charge is 2.16. The van der Waals surface area contributed by atoms with E-state index in [1.165, 1.54) is 24.3 Å². The number of nitrogens with two attached hydrogens (primary N) is 1. The molecule has 0 heterocycles. The van der Waals surface area contributed by atoms with Gasteiger partial charge >= 0.3 is 0 Å². The largest absolute Gasteiger partial charge is 0.393 e. The van der Waals surface area contributed by atoms with Crippen molar-refractivity contribution in [1.29, 1.82) is 0 Å². The van der Waals surface area contributed by atoms with Crippen molar-refractivity contribution < 1.29 is 9.18 Å². The molecule has 0 aliphatic rings. The first-order valence-corrected chi connectivity index (χ1v) is 7.14. The van der Waals surface area contributed by atoms with Gasteiger partial charge in [0.25, 0.3) is 5.91 Å². The van der Waals surface area contributed by atoms with E-state index in [2.05, 4.69) is 13.8 Å². The third kappa shape index (κ3) is 5.65. The second-order valence-electron chi connectivity index (χ2n) is 5.20. The molecule has 0 spiro atoms. The molecule has 0 saturated carbocycles. The first-order valence-electron chi connectivity index (χ1n) is 6.73. The van der Waals surface area contributed by atoms with Gasteiger partial charge < -0.3 is 10.6 Å². The van der Waals surface area contributed by atoms with E-state index in [4.69, 9.17) is 18.0 Å². The number of nitrogens with zero attached hydrogens (tertiary/aromatic N) is 1. The molecule has 0 aliphatic heterocycles. The molecule has 1 rings (SSSR count). The van der Waals surface area contributed by atoms with Gasteiger partial charge in [0.2, 0.25) is 0 Å². The van der Waals surface area contributed by atoms with Gasteiger partial charge in [-0.05, 0) is 36.6 Å². The van der Waals surface area contributed by atoms with Gasteiger partial charge in [0.15, 0.2) is 0 Å². The highest BCUT2D eigenvalue weighted by molar-refractivity contribution is 7.80. The average molecular weight is 296 g/mol. The lowest BCUT2D eigenvalue weighted by atomic mass is 10.1. The lowest BCUT2D eigenvalue weighted by molar-refractivity contribution is 0.0753. The molecular weight excluding hydrogens is 275 g/mol. The number of benzene rings is 1. The maximum atomic E-state index is 12.9. The first-order chi connectivity index (χ1) is 9.40. The molecule has 0 unspecified atom stereocenters. The zero-order chi connectivity index (χ0) is 15.1. The van der Waals surface area contributed by atoms with Crippen LogP contribution >= 0.6 is 12.2 Å². The molecule has 0 radical (unpaired) electrons. The maximum absolute atomic E-state index is 12.9. The summed E-state index contributed by atoms with van der Waals surface area (Å²) >= 11 is 4.86. The minimum atomic E-state index is -0.349. The van der Waals surface area contributed by atoms with Crippen LogP contribution in [0.5, 0.6) is 0 Å². The van der Waals surface area contributed by atoms with Crippen LogP contribution in [0.15, 0.2) is 24.3 Å². The lowest BCUT2D eigenvalue weighted by Gasteiger charge is -2.23. The Morgan fingerprint density at radius 3 is 2.40 bits per heavy atom.